The first-order chi connectivity index (χ1) is 12.7. The third-order valence-corrected chi connectivity index (χ3v) is 5.73. The Bertz CT molecular complexity index is 898. The molecule has 2 aromatic heterocycles. The SMILES string of the molecule is Cc1csc(-c2nnc(NC(=O)C3(c4ccccc4)CCOCC3)o2)c1. The van der Waals surface area contributed by atoms with E-state index in [1.54, 1.807) is 0 Å². The lowest BCUT2D eigenvalue weighted by Gasteiger charge is -2.35. The zero-order valence-electron chi connectivity index (χ0n) is 14.4. The normalized spacial score (nSPS) is 16.3. The van der Waals surface area contributed by atoms with Crippen molar-refractivity contribution in [2.24, 2.45) is 0 Å². The Hall–Kier alpha value is -2.51. The second kappa shape index (κ2) is 7.01. The maximum absolute atomic E-state index is 13.1. The molecule has 1 aliphatic rings. The van der Waals surface area contributed by atoms with Crippen molar-refractivity contribution in [2.45, 2.75) is 25.2 Å². The largest absolute Gasteiger partial charge is 0.402 e. The number of hydrogen-bond donors (Lipinski definition) is 1. The van der Waals surface area contributed by atoms with Gasteiger partial charge in [0.2, 0.25) is 5.91 Å². The minimum Gasteiger partial charge on any atom is -0.402 e. The second-order valence-corrected chi connectivity index (χ2v) is 7.33. The summed E-state index contributed by atoms with van der Waals surface area (Å²) >= 11 is 1.53. The third-order valence-electron chi connectivity index (χ3n) is 4.69. The highest BCUT2D eigenvalue weighted by Gasteiger charge is 2.42. The van der Waals surface area contributed by atoms with Gasteiger partial charge in [-0.15, -0.1) is 16.4 Å². The van der Waals surface area contributed by atoms with Crippen LogP contribution in [0.4, 0.5) is 6.01 Å². The van der Waals surface area contributed by atoms with Crippen LogP contribution in [0.1, 0.15) is 24.0 Å². The second-order valence-electron chi connectivity index (χ2n) is 6.42. The summed E-state index contributed by atoms with van der Waals surface area (Å²) in [6, 6.07) is 11.9. The lowest BCUT2D eigenvalue weighted by Crippen LogP contribution is -2.44. The third kappa shape index (κ3) is 3.15. The average Bonchev–Trinajstić information content (AvgIpc) is 3.32. The molecule has 1 fully saturated rings. The number of carbonyl (C=O) groups is 1. The van der Waals surface area contributed by atoms with Crippen LogP contribution in [0, 0.1) is 6.92 Å². The molecule has 4 rings (SSSR count). The molecule has 1 aliphatic heterocycles. The summed E-state index contributed by atoms with van der Waals surface area (Å²) in [5.41, 5.74) is 1.47. The first kappa shape index (κ1) is 16.9. The number of hydrogen-bond acceptors (Lipinski definition) is 6. The number of amides is 1. The van der Waals surface area contributed by atoms with Crippen LogP contribution in [-0.2, 0) is 14.9 Å². The van der Waals surface area contributed by atoms with E-state index in [0.29, 0.717) is 31.9 Å². The standard InChI is InChI=1S/C19H19N3O3S/c1-13-11-15(26-12-13)16-21-22-18(25-16)20-17(23)19(7-9-24-10-8-19)14-5-3-2-4-6-14/h2-6,11-12H,7-10H2,1H3,(H,20,22,23). The van der Waals surface area contributed by atoms with Crippen LogP contribution in [0.5, 0.6) is 0 Å². The van der Waals surface area contributed by atoms with E-state index in [9.17, 15) is 4.79 Å². The van der Waals surface area contributed by atoms with Crippen LogP contribution in [0.3, 0.4) is 0 Å². The summed E-state index contributed by atoms with van der Waals surface area (Å²) in [7, 11) is 0. The Labute approximate surface area is 155 Å². The van der Waals surface area contributed by atoms with Gasteiger partial charge in [-0.25, -0.2) is 0 Å². The summed E-state index contributed by atoms with van der Waals surface area (Å²) in [5, 5.41) is 12.9. The Kier molecular flexibility index (Phi) is 4.57. The number of anilines is 1. The fourth-order valence-corrected chi connectivity index (χ4v) is 4.08. The molecule has 0 aliphatic carbocycles. The van der Waals surface area contributed by atoms with Gasteiger partial charge in [0.25, 0.3) is 5.89 Å². The van der Waals surface area contributed by atoms with E-state index in [4.69, 9.17) is 9.15 Å². The highest BCUT2D eigenvalue weighted by molar-refractivity contribution is 7.13. The van der Waals surface area contributed by atoms with Gasteiger partial charge in [-0.05, 0) is 42.3 Å². The minimum absolute atomic E-state index is 0.123. The molecule has 0 radical (unpaired) electrons. The molecule has 1 saturated heterocycles. The van der Waals surface area contributed by atoms with Gasteiger partial charge in [-0.1, -0.05) is 35.4 Å². The number of rotatable bonds is 4. The molecule has 0 spiro atoms. The molecule has 0 atom stereocenters. The quantitative estimate of drug-likeness (QED) is 0.757. The molecule has 6 nitrogen and oxygen atoms in total. The number of aryl methyl sites for hydroxylation is 1. The summed E-state index contributed by atoms with van der Waals surface area (Å²) in [4.78, 5) is 14.0. The highest BCUT2D eigenvalue weighted by Crippen LogP contribution is 2.36. The van der Waals surface area contributed by atoms with Gasteiger partial charge in [-0.2, -0.15) is 0 Å². The van der Waals surface area contributed by atoms with Gasteiger partial charge < -0.3 is 9.15 Å². The van der Waals surface area contributed by atoms with Gasteiger partial charge in [0.05, 0.1) is 10.3 Å². The first-order valence-corrected chi connectivity index (χ1v) is 9.39. The Balaban J connectivity index is 1.58. The molecule has 1 amide bonds. The number of nitrogens with one attached hydrogen (secondary N) is 1. The van der Waals surface area contributed by atoms with Crippen molar-refractivity contribution in [1.82, 2.24) is 10.2 Å². The lowest BCUT2D eigenvalue weighted by molar-refractivity contribution is -0.125. The van der Waals surface area contributed by atoms with Gasteiger partial charge in [0, 0.05) is 13.2 Å². The number of benzene rings is 1. The van der Waals surface area contributed by atoms with Crippen LogP contribution in [-0.4, -0.2) is 29.3 Å². The number of nitrogens with zero attached hydrogens (tertiary/aromatic N) is 2. The molecule has 1 N–H and O–H groups in total. The predicted molar refractivity (Wildman–Crippen MR) is 99.2 cm³/mol. The Morgan fingerprint density at radius 2 is 1.96 bits per heavy atom. The van der Waals surface area contributed by atoms with Gasteiger partial charge >= 0.3 is 6.01 Å². The molecule has 7 heteroatoms. The van der Waals surface area contributed by atoms with E-state index in [0.717, 1.165) is 16.0 Å². The van der Waals surface area contributed by atoms with Crippen molar-refractivity contribution < 1.29 is 13.9 Å². The lowest BCUT2D eigenvalue weighted by atomic mass is 9.73. The molecule has 134 valence electrons. The van der Waals surface area contributed by atoms with Crippen molar-refractivity contribution >= 4 is 23.3 Å². The smallest absolute Gasteiger partial charge is 0.322 e. The van der Waals surface area contributed by atoms with Crippen molar-refractivity contribution in [3.8, 4) is 10.8 Å². The average molecular weight is 369 g/mol. The maximum Gasteiger partial charge on any atom is 0.322 e. The van der Waals surface area contributed by atoms with E-state index in [1.807, 2.05) is 48.7 Å². The van der Waals surface area contributed by atoms with Gasteiger partial charge in [0.15, 0.2) is 0 Å². The summed E-state index contributed by atoms with van der Waals surface area (Å²) < 4.78 is 11.1. The summed E-state index contributed by atoms with van der Waals surface area (Å²) in [6.45, 7) is 3.10. The molecule has 26 heavy (non-hydrogen) atoms. The summed E-state index contributed by atoms with van der Waals surface area (Å²) in [6.07, 6.45) is 1.24. The highest BCUT2D eigenvalue weighted by atomic mass is 32.1. The fraction of sp³-hybridized carbons (Fsp3) is 0.316. The number of carbonyl (C=O) groups excluding carboxylic acids is 1. The molecule has 0 unspecified atom stereocenters. The van der Waals surface area contributed by atoms with Crippen LogP contribution in [0.15, 0.2) is 46.2 Å². The molecule has 3 heterocycles. The van der Waals surface area contributed by atoms with Gasteiger partial charge in [0.1, 0.15) is 0 Å². The molecular formula is C19H19N3O3S. The maximum atomic E-state index is 13.1. The zero-order chi connectivity index (χ0) is 18.0. The van der Waals surface area contributed by atoms with Crippen LogP contribution < -0.4 is 5.32 Å². The van der Waals surface area contributed by atoms with E-state index in [-0.39, 0.29) is 11.9 Å². The van der Waals surface area contributed by atoms with E-state index < -0.39 is 5.41 Å². The van der Waals surface area contributed by atoms with Crippen LogP contribution >= 0.6 is 11.3 Å². The zero-order valence-corrected chi connectivity index (χ0v) is 15.2. The van der Waals surface area contributed by atoms with Crippen LogP contribution in [0.25, 0.3) is 10.8 Å². The fourth-order valence-electron chi connectivity index (χ4n) is 3.26. The topological polar surface area (TPSA) is 77.2 Å². The Morgan fingerprint density at radius 3 is 2.65 bits per heavy atom. The Morgan fingerprint density at radius 1 is 1.19 bits per heavy atom. The molecular weight excluding hydrogens is 350 g/mol. The number of thiophene rings is 1. The van der Waals surface area contributed by atoms with E-state index in [2.05, 4.69) is 15.5 Å². The van der Waals surface area contributed by atoms with E-state index in [1.165, 1.54) is 11.3 Å². The molecule has 1 aromatic carbocycles. The molecule has 0 bridgehead atoms. The monoisotopic (exact) mass is 369 g/mol. The van der Waals surface area contributed by atoms with E-state index >= 15 is 0 Å². The first-order valence-electron chi connectivity index (χ1n) is 8.51. The predicted octanol–water partition coefficient (Wildman–Crippen LogP) is 3.79. The van der Waals surface area contributed by atoms with Crippen molar-refractivity contribution in [2.75, 3.05) is 18.5 Å². The van der Waals surface area contributed by atoms with Crippen LogP contribution in [0.2, 0.25) is 0 Å². The number of aromatic nitrogens is 2. The summed E-state index contributed by atoms with van der Waals surface area (Å²) in [5.74, 6) is 0.281. The van der Waals surface area contributed by atoms with Crippen molar-refractivity contribution in [3.05, 3.63) is 52.9 Å². The van der Waals surface area contributed by atoms with Crippen molar-refractivity contribution in [3.63, 3.8) is 0 Å². The minimum atomic E-state index is -0.645. The molecule has 3 aromatic rings. The van der Waals surface area contributed by atoms with Gasteiger partial charge in [-0.3, -0.25) is 10.1 Å². The number of ether oxygens (including phenoxy) is 1. The molecule has 0 saturated carbocycles. The van der Waals surface area contributed by atoms with Crippen molar-refractivity contribution in [1.29, 1.82) is 0 Å².